The lowest BCUT2D eigenvalue weighted by atomic mass is 10.1. The number of aliphatic hydroxyl groups excluding tert-OH is 2. The summed E-state index contributed by atoms with van der Waals surface area (Å²) in [5, 5.41) is 18.6. The highest BCUT2D eigenvalue weighted by Gasteiger charge is 2.26. The molecule has 4 heteroatoms. The van der Waals surface area contributed by atoms with Gasteiger partial charge in [0.05, 0.1) is 24.4 Å². The van der Waals surface area contributed by atoms with Crippen molar-refractivity contribution in [3.05, 3.63) is 29.6 Å². The number of hydrogen-bond acceptors (Lipinski definition) is 3. The molecule has 1 aliphatic heterocycles. The van der Waals surface area contributed by atoms with Gasteiger partial charge >= 0.3 is 0 Å². The van der Waals surface area contributed by atoms with Crippen LogP contribution in [0.4, 0.5) is 10.1 Å². The van der Waals surface area contributed by atoms with E-state index < -0.39 is 6.10 Å². The lowest BCUT2D eigenvalue weighted by Crippen LogP contribution is -2.32. The maximum absolute atomic E-state index is 13.9. The summed E-state index contributed by atoms with van der Waals surface area (Å²) in [6, 6.07) is 4.80. The number of aliphatic hydroxyl groups is 2. The lowest BCUT2D eigenvalue weighted by Gasteiger charge is -2.26. The molecule has 0 radical (unpaired) electrons. The predicted molar refractivity (Wildman–Crippen MR) is 64.5 cm³/mol. The molecule has 1 aliphatic rings. The minimum Gasteiger partial charge on any atom is -0.394 e. The largest absolute Gasteiger partial charge is 0.394 e. The van der Waals surface area contributed by atoms with Crippen LogP contribution in [0.3, 0.4) is 0 Å². The fourth-order valence-corrected chi connectivity index (χ4v) is 2.36. The summed E-state index contributed by atoms with van der Waals surface area (Å²) in [7, 11) is 0. The Morgan fingerprint density at radius 1 is 1.53 bits per heavy atom. The highest BCUT2D eigenvalue weighted by Crippen LogP contribution is 2.29. The molecule has 2 rings (SSSR count). The summed E-state index contributed by atoms with van der Waals surface area (Å²) in [6.45, 7) is 2.44. The summed E-state index contributed by atoms with van der Waals surface area (Å²) in [5.41, 5.74) is 1.09. The average Bonchev–Trinajstić information content (AvgIpc) is 2.76. The van der Waals surface area contributed by atoms with Gasteiger partial charge in [0.15, 0.2) is 0 Å². The highest BCUT2D eigenvalue weighted by molar-refractivity contribution is 5.51. The third-order valence-corrected chi connectivity index (χ3v) is 3.35. The number of benzene rings is 1. The molecule has 0 aromatic heterocycles. The SMILES string of the molecule is C[C@@H](O)c1ccc(N2CCCC2CO)c(F)c1. The standard InChI is InChI=1S/C13H18FNO2/c1-9(17)10-4-5-13(12(14)7-10)15-6-2-3-11(15)8-16/h4-5,7,9,11,16-17H,2-3,6,8H2,1H3/t9-,11?/m1/s1. The zero-order valence-corrected chi connectivity index (χ0v) is 9.93. The number of halogens is 1. The van der Waals surface area contributed by atoms with Crippen molar-refractivity contribution in [3.63, 3.8) is 0 Å². The van der Waals surface area contributed by atoms with Gasteiger partial charge in [0, 0.05) is 6.54 Å². The lowest BCUT2D eigenvalue weighted by molar-refractivity contribution is 0.199. The Morgan fingerprint density at radius 2 is 2.29 bits per heavy atom. The van der Waals surface area contributed by atoms with E-state index >= 15 is 0 Å². The molecule has 1 heterocycles. The molecule has 0 saturated carbocycles. The monoisotopic (exact) mass is 239 g/mol. The van der Waals surface area contributed by atoms with Crippen molar-refractivity contribution in [3.8, 4) is 0 Å². The van der Waals surface area contributed by atoms with Crippen LogP contribution in [0, 0.1) is 5.82 Å². The van der Waals surface area contributed by atoms with Crippen molar-refractivity contribution in [1.82, 2.24) is 0 Å². The first-order valence-corrected chi connectivity index (χ1v) is 5.98. The van der Waals surface area contributed by atoms with Gasteiger partial charge in [-0.15, -0.1) is 0 Å². The van der Waals surface area contributed by atoms with Gasteiger partial charge in [-0.3, -0.25) is 0 Å². The fraction of sp³-hybridized carbons (Fsp3) is 0.538. The van der Waals surface area contributed by atoms with E-state index in [0.29, 0.717) is 11.3 Å². The van der Waals surface area contributed by atoms with Gasteiger partial charge in [0.25, 0.3) is 0 Å². The van der Waals surface area contributed by atoms with Gasteiger partial charge in [-0.05, 0) is 37.5 Å². The topological polar surface area (TPSA) is 43.7 Å². The van der Waals surface area contributed by atoms with Crippen LogP contribution < -0.4 is 4.90 Å². The smallest absolute Gasteiger partial charge is 0.146 e. The maximum atomic E-state index is 13.9. The molecule has 1 unspecified atom stereocenters. The van der Waals surface area contributed by atoms with Gasteiger partial charge in [-0.2, -0.15) is 0 Å². The van der Waals surface area contributed by atoms with Crippen molar-refractivity contribution in [2.24, 2.45) is 0 Å². The van der Waals surface area contributed by atoms with Gasteiger partial charge in [0.1, 0.15) is 5.82 Å². The van der Waals surface area contributed by atoms with E-state index in [-0.39, 0.29) is 18.5 Å². The molecule has 94 valence electrons. The predicted octanol–water partition coefficient (Wildman–Crippen LogP) is 1.84. The molecule has 2 atom stereocenters. The Morgan fingerprint density at radius 3 is 2.88 bits per heavy atom. The molecule has 1 saturated heterocycles. The molecule has 0 aliphatic carbocycles. The van der Waals surface area contributed by atoms with Crippen molar-refractivity contribution in [2.75, 3.05) is 18.1 Å². The van der Waals surface area contributed by atoms with E-state index in [1.165, 1.54) is 6.07 Å². The molecule has 3 nitrogen and oxygen atoms in total. The van der Waals surface area contributed by atoms with Crippen LogP contribution in [0.15, 0.2) is 18.2 Å². The van der Waals surface area contributed by atoms with Crippen LogP contribution in [-0.2, 0) is 0 Å². The summed E-state index contributed by atoms with van der Waals surface area (Å²) in [4.78, 5) is 1.90. The first kappa shape index (κ1) is 12.3. The zero-order valence-electron chi connectivity index (χ0n) is 9.93. The van der Waals surface area contributed by atoms with E-state index in [4.69, 9.17) is 0 Å². The van der Waals surface area contributed by atoms with Crippen LogP contribution >= 0.6 is 0 Å². The summed E-state index contributed by atoms with van der Waals surface area (Å²) in [5.74, 6) is -0.330. The van der Waals surface area contributed by atoms with Crippen molar-refractivity contribution in [2.45, 2.75) is 31.9 Å². The second-order valence-electron chi connectivity index (χ2n) is 4.56. The molecule has 0 bridgehead atoms. The zero-order chi connectivity index (χ0) is 12.4. The highest BCUT2D eigenvalue weighted by atomic mass is 19.1. The van der Waals surface area contributed by atoms with E-state index in [0.717, 1.165) is 19.4 Å². The Hall–Kier alpha value is -1.13. The molecule has 2 N–H and O–H groups in total. The third kappa shape index (κ3) is 2.42. The number of nitrogens with zero attached hydrogens (tertiary/aromatic N) is 1. The van der Waals surface area contributed by atoms with E-state index in [9.17, 15) is 14.6 Å². The Labute approximate surface area is 100 Å². The van der Waals surface area contributed by atoms with Gasteiger partial charge < -0.3 is 15.1 Å². The number of anilines is 1. The molecule has 17 heavy (non-hydrogen) atoms. The quantitative estimate of drug-likeness (QED) is 0.846. The number of rotatable bonds is 3. The van der Waals surface area contributed by atoms with Gasteiger partial charge in [0.2, 0.25) is 0 Å². The average molecular weight is 239 g/mol. The first-order valence-electron chi connectivity index (χ1n) is 5.98. The van der Waals surface area contributed by atoms with E-state index in [1.807, 2.05) is 4.90 Å². The minimum atomic E-state index is -0.661. The van der Waals surface area contributed by atoms with Crippen LogP contribution in [0.25, 0.3) is 0 Å². The van der Waals surface area contributed by atoms with Gasteiger partial charge in [-0.25, -0.2) is 4.39 Å². The molecule has 1 aromatic carbocycles. The molecular formula is C13H18FNO2. The molecule has 1 fully saturated rings. The molecule has 1 aromatic rings. The fourth-order valence-electron chi connectivity index (χ4n) is 2.36. The minimum absolute atomic E-state index is 0.0156. The van der Waals surface area contributed by atoms with Crippen molar-refractivity contribution < 1.29 is 14.6 Å². The molecule has 0 spiro atoms. The summed E-state index contributed by atoms with van der Waals surface area (Å²) in [6.07, 6.45) is 1.21. The Bertz CT molecular complexity index is 395. The van der Waals surface area contributed by atoms with Crippen LogP contribution in [0.5, 0.6) is 0 Å². The summed E-state index contributed by atoms with van der Waals surface area (Å²) >= 11 is 0. The second kappa shape index (κ2) is 5.02. The second-order valence-corrected chi connectivity index (χ2v) is 4.56. The van der Waals surface area contributed by atoms with Crippen LogP contribution in [-0.4, -0.2) is 29.4 Å². The van der Waals surface area contributed by atoms with E-state index in [1.54, 1.807) is 19.1 Å². The van der Waals surface area contributed by atoms with Gasteiger partial charge in [-0.1, -0.05) is 6.07 Å². The van der Waals surface area contributed by atoms with Crippen LogP contribution in [0.1, 0.15) is 31.4 Å². The summed E-state index contributed by atoms with van der Waals surface area (Å²) < 4.78 is 13.9. The normalized spacial score (nSPS) is 21.9. The van der Waals surface area contributed by atoms with Crippen molar-refractivity contribution >= 4 is 5.69 Å². The molecular weight excluding hydrogens is 221 g/mol. The molecule has 0 amide bonds. The maximum Gasteiger partial charge on any atom is 0.146 e. The third-order valence-electron chi connectivity index (χ3n) is 3.35. The Balaban J connectivity index is 2.27. The first-order chi connectivity index (χ1) is 8.13. The van der Waals surface area contributed by atoms with Crippen molar-refractivity contribution in [1.29, 1.82) is 0 Å². The van der Waals surface area contributed by atoms with E-state index in [2.05, 4.69) is 0 Å². The number of hydrogen-bond donors (Lipinski definition) is 2. The Kier molecular flexibility index (Phi) is 3.64. The van der Waals surface area contributed by atoms with Crippen LogP contribution in [0.2, 0.25) is 0 Å².